The number of amides is 1. The molecule has 1 aliphatic rings. The molecule has 0 unspecified atom stereocenters. The Morgan fingerprint density at radius 3 is 2.80 bits per heavy atom. The van der Waals surface area contributed by atoms with Crippen LogP contribution in [-0.4, -0.2) is 49.9 Å². The lowest BCUT2D eigenvalue weighted by atomic mass is 10.1. The molecule has 2 aromatic rings. The maximum absolute atomic E-state index is 12.6. The number of rotatable bonds is 3. The number of alkyl halides is 3. The minimum absolute atomic E-state index is 0.134. The highest BCUT2D eigenvalue weighted by atomic mass is 19.4. The Morgan fingerprint density at radius 2 is 2.08 bits per heavy atom. The molecule has 10 heteroatoms. The Kier molecular flexibility index (Phi) is 4.27. The Balaban J connectivity index is 1.84. The van der Waals surface area contributed by atoms with Crippen molar-refractivity contribution in [2.24, 2.45) is 0 Å². The van der Waals surface area contributed by atoms with Gasteiger partial charge in [-0.2, -0.15) is 13.2 Å². The van der Waals surface area contributed by atoms with E-state index < -0.39 is 36.0 Å². The topological polar surface area (TPSA) is 85.2 Å². The largest absolute Gasteiger partial charge is 0.471 e. The maximum atomic E-state index is 12.6. The maximum Gasteiger partial charge on any atom is 0.471 e. The smallest absolute Gasteiger partial charge is 0.325 e. The monoisotopic (exact) mass is 354 g/mol. The standard InChI is InChI=1S/C15H13F3N4O3/c16-15(17,18)14(25)22-5-1-2-11(22)12(23)7-21-8-20-10-6-19-4-3-9(10)13(21)24/h3-4,6,8,11H,1-2,5,7H2/t11-/m0/s1. The normalized spacial score (nSPS) is 17.9. The van der Waals surface area contributed by atoms with Crippen LogP contribution >= 0.6 is 0 Å². The van der Waals surface area contributed by atoms with Crippen molar-refractivity contribution < 1.29 is 22.8 Å². The van der Waals surface area contributed by atoms with Gasteiger partial charge in [-0.3, -0.25) is 23.9 Å². The molecule has 3 heterocycles. The third-order valence-electron chi connectivity index (χ3n) is 4.08. The number of likely N-dealkylation sites (tertiary alicyclic amines) is 1. The first-order chi connectivity index (χ1) is 11.8. The average Bonchev–Trinajstić information content (AvgIpc) is 3.05. The number of halogens is 3. The fourth-order valence-corrected chi connectivity index (χ4v) is 2.90. The molecule has 25 heavy (non-hydrogen) atoms. The molecular weight excluding hydrogens is 341 g/mol. The van der Waals surface area contributed by atoms with Gasteiger partial charge in [-0.1, -0.05) is 0 Å². The molecular formula is C15H13F3N4O3. The molecule has 0 aromatic carbocycles. The summed E-state index contributed by atoms with van der Waals surface area (Å²) in [7, 11) is 0. The van der Waals surface area contributed by atoms with E-state index in [0.29, 0.717) is 16.8 Å². The lowest BCUT2D eigenvalue weighted by Crippen LogP contribution is -2.48. The van der Waals surface area contributed by atoms with Crippen molar-refractivity contribution in [2.45, 2.75) is 31.6 Å². The van der Waals surface area contributed by atoms with Crippen LogP contribution in [0.25, 0.3) is 10.9 Å². The zero-order chi connectivity index (χ0) is 18.2. The molecule has 7 nitrogen and oxygen atoms in total. The minimum atomic E-state index is -5.03. The lowest BCUT2D eigenvalue weighted by molar-refractivity contribution is -0.186. The van der Waals surface area contributed by atoms with Crippen LogP contribution in [0.3, 0.4) is 0 Å². The Hall–Kier alpha value is -2.78. The molecule has 0 aliphatic carbocycles. The number of hydrogen-bond donors (Lipinski definition) is 0. The van der Waals surface area contributed by atoms with Gasteiger partial charge in [-0.25, -0.2) is 4.98 Å². The fraction of sp³-hybridized carbons (Fsp3) is 0.400. The summed E-state index contributed by atoms with van der Waals surface area (Å²) in [5, 5.41) is 0.250. The molecule has 0 spiro atoms. The number of ketones is 1. The molecule has 1 aliphatic heterocycles. The number of aromatic nitrogens is 3. The number of Topliss-reactive ketones (excluding diaryl/α,β-unsaturated/α-hetero) is 1. The van der Waals surface area contributed by atoms with E-state index in [9.17, 15) is 27.6 Å². The van der Waals surface area contributed by atoms with E-state index in [4.69, 9.17) is 0 Å². The van der Waals surface area contributed by atoms with Crippen LogP contribution in [0, 0.1) is 0 Å². The summed E-state index contributed by atoms with van der Waals surface area (Å²) >= 11 is 0. The predicted molar refractivity (Wildman–Crippen MR) is 79.6 cm³/mol. The second-order valence-corrected chi connectivity index (χ2v) is 5.69. The summed E-state index contributed by atoms with van der Waals surface area (Å²) in [5.41, 5.74) is -0.140. The van der Waals surface area contributed by atoms with Gasteiger partial charge in [0.15, 0.2) is 5.78 Å². The molecule has 1 saturated heterocycles. The summed E-state index contributed by atoms with van der Waals surface area (Å²) in [6.45, 7) is -0.582. The molecule has 0 bridgehead atoms. The van der Waals surface area contributed by atoms with Crippen LogP contribution in [0.15, 0.2) is 29.6 Å². The molecule has 0 radical (unpaired) electrons. The number of nitrogens with zero attached hydrogens (tertiary/aromatic N) is 4. The molecule has 1 fully saturated rings. The first-order valence-electron chi connectivity index (χ1n) is 7.48. The summed E-state index contributed by atoms with van der Waals surface area (Å²) in [6, 6.07) is 0.259. The quantitative estimate of drug-likeness (QED) is 0.818. The third kappa shape index (κ3) is 3.24. The Morgan fingerprint density at radius 1 is 1.32 bits per heavy atom. The summed E-state index contributed by atoms with van der Waals surface area (Å²) in [4.78, 5) is 44.5. The second-order valence-electron chi connectivity index (χ2n) is 5.69. The van der Waals surface area contributed by atoms with Gasteiger partial charge in [0.1, 0.15) is 0 Å². The zero-order valence-corrected chi connectivity index (χ0v) is 12.9. The molecule has 1 amide bonds. The van der Waals surface area contributed by atoms with Crippen molar-refractivity contribution in [1.29, 1.82) is 0 Å². The van der Waals surface area contributed by atoms with Crippen molar-refractivity contribution in [3.05, 3.63) is 35.1 Å². The van der Waals surface area contributed by atoms with Gasteiger partial charge in [0.25, 0.3) is 5.56 Å². The molecule has 0 saturated carbocycles. The van der Waals surface area contributed by atoms with E-state index in [-0.39, 0.29) is 18.4 Å². The van der Waals surface area contributed by atoms with Crippen LogP contribution in [0.2, 0.25) is 0 Å². The SMILES string of the molecule is O=C(Cn1cnc2cnccc2c1=O)[C@@H]1CCCN1C(=O)C(F)(F)F. The summed E-state index contributed by atoms with van der Waals surface area (Å²) in [5.74, 6) is -2.66. The van der Waals surface area contributed by atoms with Gasteiger partial charge in [-0.05, 0) is 18.9 Å². The van der Waals surface area contributed by atoms with E-state index in [0.717, 1.165) is 10.9 Å². The molecule has 0 N–H and O–H groups in total. The fourth-order valence-electron chi connectivity index (χ4n) is 2.90. The summed E-state index contributed by atoms with van der Waals surface area (Å²) in [6.07, 6.45) is -0.649. The van der Waals surface area contributed by atoms with Crippen molar-refractivity contribution >= 4 is 22.6 Å². The third-order valence-corrected chi connectivity index (χ3v) is 4.08. The first-order valence-corrected chi connectivity index (χ1v) is 7.48. The van der Waals surface area contributed by atoms with Gasteiger partial charge in [-0.15, -0.1) is 0 Å². The number of pyridine rings is 1. The predicted octanol–water partition coefficient (Wildman–Crippen LogP) is 0.914. The van der Waals surface area contributed by atoms with Gasteiger partial charge in [0.2, 0.25) is 0 Å². The van der Waals surface area contributed by atoms with Crippen molar-refractivity contribution in [2.75, 3.05) is 6.54 Å². The molecule has 2 aromatic heterocycles. The second kappa shape index (κ2) is 6.26. The molecule has 3 rings (SSSR count). The van der Waals surface area contributed by atoms with Crippen molar-refractivity contribution in [3.8, 4) is 0 Å². The van der Waals surface area contributed by atoms with E-state index in [1.54, 1.807) is 0 Å². The van der Waals surface area contributed by atoms with Crippen LogP contribution in [0.4, 0.5) is 13.2 Å². The van der Waals surface area contributed by atoms with Gasteiger partial charge >= 0.3 is 12.1 Å². The minimum Gasteiger partial charge on any atom is -0.325 e. The van der Waals surface area contributed by atoms with E-state index in [1.165, 1.54) is 18.5 Å². The van der Waals surface area contributed by atoms with E-state index in [2.05, 4.69) is 9.97 Å². The van der Waals surface area contributed by atoms with Gasteiger partial charge in [0.05, 0.1) is 36.0 Å². The van der Waals surface area contributed by atoms with E-state index >= 15 is 0 Å². The van der Waals surface area contributed by atoms with E-state index in [1.807, 2.05) is 0 Å². The van der Waals surface area contributed by atoms with Gasteiger partial charge < -0.3 is 4.90 Å². The Labute approximate surface area is 139 Å². The average molecular weight is 354 g/mol. The van der Waals surface area contributed by atoms with Crippen LogP contribution < -0.4 is 5.56 Å². The van der Waals surface area contributed by atoms with Crippen molar-refractivity contribution in [1.82, 2.24) is 19.4 Å². The number of fused-ring (bicyclic) bond motifs is 1. The van der Waals surface area contributed by atoms with Crippen LogP contribution in [0.1, 0.15) is 12.8 Å². The first kappa shape index (κ1) is 17.1. The van der Waals surface area contributed by atoms with Crippen LogP contribution in [0.5, 0.6) is 0 Å². The molecule has 1 atom stereocenters. The Bertz CT molecular complexity index is 893. The van der Waals surface area contributed by atoms with Crippen molar-refractivity contribution in [3.63, 3.8) is 0 Å². The number of hydrogen-bond acceptors (Lipinski definition) is 5. The highest BCUT2D eigenvalue weighted by molar-refractivity contribution is 5.91. The lowest BCUT2D eigenvalue weighted by Gasteiger charge is -2.24. The van der Waals surface area contributed by atoms with Gasteiger partial charge in [0, 0.05) is 12.7 Å². The summed E-state index contributed by atoms with van der Waals surface area (Å²) < 4.78 is 38.9. The molecule has 132 valence electrons. The zero-order valence-electron chi connectivity index (χ0n) is 12.9. The number of carbonyl (C=O) groups excluding carboxylic acids is 2. The van der Waals surface area contributed by atoms with Crippen LogP contribution in [-0.2, 0) is 16.1 Å². The highest BCUT2D eigenvalue weighted by Crippen LogP contribution is 2.26. The number of carbonyl (C=O) groups is 2. The highest BCUT2D eigenvalue weighted by Gasteiger charge is 2.47.